The van der Waals surface area contributed by atoms with Crippen LogP contribution in [0.3, 0.4) is 0 Å². The lowest BCUT2D eigenvalue weighted by Gasteiger charge is -2.06. The van der Waals surface area contributed by atoms with Crippen LogP contribution in [0.15, 0.2) is 66.1 Å². The second-order valence-electron chi connectivity index (χ2n) is 5.19. The largest absolute Gasteiger partial charge is 0.369 e. The Kier molecular flexibility index (Phi) is 3.84. The van der Waals surface area contributed by atoms with Gasteiger partial charge in [-0.05, 0) is 11.6 Å². The molecular formula is C17H14N6S. The van der Waals surface area contributed by atoms with Crippen LogP contribution in [-0.4, -0.2) is 24.6 Å². The van der Waals surface area contributed by atoms with Gasteiger partial charge < -0.3 is 5.73 Å². The van der Waals surface area contributed by atoms with E-state index in [1.807, 2.05) is 54.7 Å². The molecule has 118 valence electrons. The topological polar surface area (TPSA) is 82.0 Å². The number of rotatable bonds is 4. The third kappa shape index (κ3) is 2.81. The van der Waals surface area contributed by atoms with E-state index in [4.69, 9.17) is 5.73 Å². The highest BCUT2D eigenvalue weighted by Crippen LogP contribution is 2.26. The van der Waals surface area contributed by atoms with Crippen LogP contribution in [0.2, 0.25) is 0 Å². The van der Waals surface area contributed by atoms with Crippen LogP contribution < -0.4 is 5.73 Å². The summed E-state index contributed by atoms with van der Waals surface area (Å²) >= 11 is 1.55. The molecule has 4 aromatic rings. The van der Waals surface area contributed by atoms with E-state index in [0.29, 0.717) is 11.6 Å². The Bertz CT molecular complexity index is 968. The number of nitrogens with zero attached hydrogens (tertiary/aromatic N) is 5. The van der Waals surface area contributed by atoms with Crippen LogP contribution in [-0.2, 0) is 5.75 Å². The summed E-state index contributed by atoms with van der Waals surface area (Å²) in [7, 11) is 0. The van der Waals surface area contributed by atoms with Gasteiger partial charge in [0, 0.05) is 29.8 Å². The van der Waals surface area contributed by atoms with Crippen molar-refractivity contribution in [1.29, 1.82) is 0 Å². The highest BCUT2D eigenvalue weighted by molar-refractivity contribution is 7.98. The molecule has 0 saturated heterocycles. The van der Waals surface area contributed by atoms with Crippen molar-refractivity contribution in [3.05, 3.63) is 66.5 Å². The van der Waals surface area contributed by atoms with Crippen molar-refractivity contribution in [2.24, 2.45) is 0 Å². The molecule has 1 aromatic carbocycles. The second kappa shape index (κ2) is 6.29. The Morgan fingerprint density at radius 3 is 2.71 bits per heavy atom. The molecule has 7 heteroatoms. The molecular weight excluding hydrogens is 320 g/mol. The van der Waals surface area contributed by atoms with Crippen LogP contribution in [0.25, 0.3) is 16.9 Å². The van der Waals surface area contributed by atoms with Crippen LogP contribution in [0.1, 0.15) is 5.56 Å². The van der Waals surface area contributed by atoms with E-state index in [1.54, 1.807) is 22.4 Å². The first-order valence-corrected chi connectivity index (χ1v) is 8.38. The first kappa shape index (κ1) is 14.6. The molecule has 0 radical (unpaired) electrons. The maximum atomic E-state index is 6.15. The van der Waals surface area contributed by atoms with Crippen molar-refractivity contribution >= 4 is 23.4 Å². The van der Waals surface area contributed by atoms with E-state index < -0.39 is 0 Å². The van der Waals surface area contributed by atoms with E-state index >= 15 is 0 Å². The van der Waals surface area contributed by atoms with Crippen molar-refractivity contribution in [3.63, 3.8) is 0 Å². The Labute approximate surface area is 142 Å². The lowest BCUT2D eigenvalue weighted by Crippen LogP contribution is -2.03. The number of benzene rings is 1. The molecule has 0 fully saturated rings. The molecule has 6 nitrogen and oxygen atoms in total. The second-order valence-corrected chi connectivity index (χ2v) is 6.13. The van der Waals surface area contributed by atoms with Crippen LogP contribution in [0.5, 0.6) is 0 Å². The van der Waals surface area contributed by atoms with E-state index in [0.717, 1.165) is 27.7 Å². The van der Waals surface area contributed by atoms with Gasteiger partial charge in [0.05, 0.1) is 5.69 Å². The lowest BCUT2D eigenvalue weighted by molar-refractivity contribution is 0.913. The van der Waals surface area contributed by atoms with Crippen molar-refractivity contribution in [2.45, 2.75) is 10.9 Å². The van der Waals surface area contributed by atoms with Gasteiger partial charge in [0.25, 0.3) is 0 Å². The van der Waals surface area contributed by atoms with Gasteiger partial charge in [-0.1, -0.05) is 48.2 Å². The highest BCUT2D eigenvalue weighted by Gasteiger charge is 2.12. The fourth-order valence-electron chi connectivity index (χ4n) is 2.40. The van der Waals surface area contributed by atoms with E-state index in [-0.39, 0.29) is 0 Å². The van der Waals surface area contributed by atoms with Crippen molar-refractivity contribution in [1.82, 2.24) is 24.6 Å². The van der Waals surface area contributed by atoms with Gasteiger partial charge in [-0.25, -0.2) is 9.38 Å². The summed E-state index contributed by atoms with van der Waals surface area (Å²) in [4.78, 5) is 8.61. The summed E-state index contributed by atoms with van der Waals surface area (Å²) in [5.74, 6) is 1.12. The van der Waals surface area contributed by atoms with Crippen LogP contribution in [0, 0.1) is 0 Å². The number of aromatic nitrogens is 5. The Balaban J connectivity index is 1.67. The normalized spacial score (nSPS) is 11.0. The number of thioether (sulfide) groups is 1. The maximum absolute atomic E-state index is 6.15. The number of pyridine rings is 1. The first-order valence-electron chi connectivity index (χ1n) is 7.40. The van der Waals surface area contributed by atoms with Gasteiger partial charge in [0.2, 0.25) is 5.95 Å². The molecule has 0 spiro atoms. The number of nitrogens with two attached hydrogens (primary N) is 1. The smallest absolute Gasteiger partial charge is 0.208 e. The standard InChI is InChI=1S/C17H14N6S/c18-16-20-14(13-6-2-1-3-7-13)9-15-21-22-17(23(15)16)24-11-12-5-4-8-19-10-12/h1-10H,11H2,(H2,18,20). The average molecular weight is 334 g/mol. The van der Waals surface area contributed by atoms with E-state index in [9.17, 15) is 0 Å². The van der Waals surface area contributed by atoms with Gasteiger partial charge in [-0.15, -0.1) is 10.2 Å². The SMILES string of the molecule is Nc1nc(-c2ccccc2)cc2nnc(SCc3cccnc3)n12. The quantitative estimate of drug-likeness (QED) is 0.578. The molecule has 24 heavy (non-hydrogen) atoms. The molecule has 2 N–H and O–H groups in total. The van der Waals surface area contributed by atoms with Crippen molar-refractivity contribution in [3.8, 4) is 11.3 Å². The number of fused-ring (bicyclic) bond motifs is 1. The molecule has 0 saturated carbocycles. The summed E-state index contributed by atoms with van der Waals surface area (Å²) in [6.45, 7) is 0. The third-order valence-corrected chi connectivity index (χ3v) is 4.55. The summed E-state index contributed by atoms with van der Waals surface area (Å²) in [5, 5.41) is 9.20. The van der Waals surface area contributed by atoms with Crippen molar-refractivity contribution in [2.75, 3.05) is 5.73 Å². The number of anilines is 1. The molecule has 0 atom stereocenters. The predicted octanol–water partition coefficient (Wildman–Crippen LogP) is 3.06. The average Bonchev–Trinajstić information content (AvgIpc) is 3.05. The van der Waals surface area contributed by atoms with Crippen molar-refractivity contribution < 1.29 is 0 Å². The lowest BCUT2D eigenvalue weighted by atomic mass is 10.1. The van der Waals surface area contributed by atoms with Gasteiger partial charge in [-0.2, -0.15) is 0 Å². The minimum atomic E-state index is 0.380. The molecule has 0 unspecified atom stereocenters. The highest BCUT2D eigenvalue weighted by atomic mass is 32.2. The van der Waals surface area contributed by atoms with Gasteiger partial charge in [0.15, 0.2) is 10.8 Å². The number of hydrogen-bond donors (Lipinski definition) is 1. The molecule has 4 rings (SSSR count). The van der Waals surface area contributed by atoms with E-state index in [2.05, 4.69) is 20.2 Å². The minimum absolute atomic E-state index is 0.380. The minimum Gasteiger partial charge on any atom is -0.369 e. The number of nitrogen functional groups attached to an aromatic ring is 1. The molecule has 3 aromatic heterocycles. The monoisotopic (exact) mass is 334 g/mol. The van der Waals surface area contributed by atoms with E-state index in [1.165, 1.54) is 0 Å². The molecule has 0 amide bonds. The predicted molar refractivity (Wildman–Crippen MR) is 94.4 cm³/mol. The summed E-state index contributed by atoms with van der Waals surface area (Å²) < 4.78 is 1.77. The van der Waals surface area contributed by atoms with Gasteiger partial charge >= 0.3 is 0 Å². The first-order chi connectivity index (χ1) is 11.8. The van der Waals surface area contributed by atoms with Crippen LogP contribution >= 0.6 is 11.8 Å². The maximum Gasteiger partial charge on any atom is 0.208 e. The summed E-state index contributed by atoms with van der Waals surface area (Å²) in [5.41, 5.74) is 9.75. The fourth-order valence-corrected chi connectivity index (χ4v) is 3.28. The zero-order valence-corrected chi connectivity index (χ0v) is 13.5. The molecule has 3 heterocycles. The van der Waals surface area contributed by atoms with Gasteiger partial charge in [0.1, 0.15) is 0 Å². The summed E-state index contributed by atoms with van der Waals surface area (Å²) in [6, 6.07) is 15.7. The molecule has 0 bridgehead atoms. The molecule has 0 aliphatic heterocycles. The Hall–Kier alpha value is -2.93. The summed E-state index contributed by atoms with van der Waals surface area (Å²) in [6.07, 6.45) is 3.60. The number of hydrogen-bond acceptors (Lipinski definition) is 6. The third-order valence-electron chi connectivity index (χ3n) is 3.55. The molecule has 0 aliphatic rings. The zero-order chi connectivity index (χ0) is 16.4. The Morgan fingerprint density at radius 1 is 1.04 bits per heavy atom. The van der Waals surface area contributed by atoms with Gasteiger partial charge in [-0.3, -0.25) is 4.98 Å². The molecule has 0 aliphatic carbocycles. The fraction of sp³-hybridized carbons (Fsp3) is 0.0588. The zero-order valence-electron chi connectivity index (χ0n) is 12.7. The Morgan fingerprint density at radius 2 is 1.92 bits per heavy atom. The van der Waals surface area contributed by atoms with Crippen LogP contribution in [0.4, 0.5) is 5.95 Å².